The summed E-state index contributed by atoms with van der Waals surface area (Å²) in [6.45, 7) is 4.17. The quantitative estimate of drug-likeness (QED) is 0.507. The molecule has 1 aromatic carbocycles. The number of nitrogens with one attached hydrogen (secondary N) is 1. The van der Waals surface area contributed by atoms with Crippen molar-refractivity contribution < 1.29 is 24.2 Å². The number of benzene rings is 1. The molecule has 0 aliphatic rings. The van der Waals surface area contributed by atoms with Crippen molar-refractivity contribution in [2.75, 3.05) is 13.7 Å². The first-order valence-electron chi connectivity index (χ1n) is 8.00. The third-order valence-corrected chi connectivity index (χ3v) is 3.35. The highest BCUT2D eigenvalue weighted by Crippen LogP contribution is 2.28. The minimum absolute atomic E-state index is 0.469. The van der Waals surface area contributed by atoms with E-state index in [0.29, 0.717) is 18.1 Å². The fraction of sp³-hybridized carbons (Fsp3) is 0.444. The maximum Gasteiger partial charge on any atom is 0.325 e. The topological polar surface area (TPSA) is 84.9 Å². The van der Waals surface area contributed by atoms with E-state index >= 15 is 0 Å². The Morgan fingerprint density at radius 3 is 2.67 bits per heavy atom. The SMILES string of the molecule is CCCCCOc1ccc(/C=C/C(=O)NC(C)C(=O)O)cc1OC. The number of hydrogen-bond donors (Lipinski definition) is 2. The standard InChI is InChI=1S/C18H25NO5/c1-4-5-6-11-24-15-9-7-14(12-16(15)23-3)8-10-17(20)19-13(2)18(21)22/h7-10,12-13H,4-6,11H2,1-3H3,(H,19,20)(H,21,22)/b10-8+. The lowest BCUT2D eigenvalue weighted by Crippen LogP contribution is -2.37. The van der Waals surface area contributed by atoms with E-state index in [9.17, 15) is 9.59 Å². The van der Waals surface area contributed by atoms with Gasteiger partial charge in [0.05, 0.1) is 13.7 Å². The van der Waals surface area contributed by atoms with Gasteiger partial charge in [-0.15, -0.1) is 0 Å². The molecule has 0 radical (unpaired) electrons. The summed E-state index contributed by atoms with van der Waals surface area (Å²) in [5, 5.41) is 11.1. The van der Waals surface area contributed by atoms with Gasteiger partial charge in [0.15, 0.2) is 11.5 Å². The lowest BCUT2D eigenvalue weighted by Gasteiger charge is -2.11. The Bertz CT molecular complexity index is 583. The van der Waals surface area contributed by atoms with Gasteiger partial charge in [-0.25, -0.2) is 0 Å². The Morgan fingerprint density at radius 1 is 1.29 bits per heavy atom. The van der Waals surface area contributed by atoms with Crippen molar-refractivity contribution in [2.24, 2.45) is 0 Å². The number of amides is 1. The van der Waals surface area contributed by atoms with Gasteiger partial charge in [-0.05, 0) is 37.1 Å². The number of aliphatic carboxylic acids is 1. The van der Waals surface area contributed by atoms with Crippen LogP contribution in [0.2, 0.25) is 0 Å². The molecule has 6 heteroatoms. The maximum absolute atomic E-state index is 11.6. The van der Waals surface area contributed by atoms with Crippen molar-refractivity contribution in [2.45, 2.75) is 39.2 Å². The van der Waals surface area contributed by atoms with E-state index in [2.05, 4.69) is 12.2 Å². The molecule has 0 fully saturated rings. The summed E-state index contributed by atoms with van der Waals surface area (Å²) in [6, 6.07) is 4.43. The van der Waals surface area contributed by atoms with Crippen LogP contribution in [0.15, 0.2) is 24.3 Å². The van der Waals surface area contributed by atoms with Crippen LogP contribution in [0.25, 0.3) is 6.08 Å². The minimum Gasteiger partial charge on any atom is -0.493 e. The Hall–Kier alpha value is -2.50. The summed E-state index contributed by atoms with van der Waals surface area (Å²) < 4.78 is 11.0. The Labute approximate surface area is 142 Å². The molecule has 1 atom stereocenters. The third-order valence-electron chi connectivity index (χ3n) is 3.35. The van der Waals surface area contributed by atoms with Gasteiger partial charge in [0, 0.05) is 6.08 Å². The molecule has 1 aromatic rings. The van der Waals surface area contributed by atoms with Crippen molar-refractivity contribution >= 4 is 18.0 Å². The Balaban J connectivity index is 2.67. The van der Waals surface area contributed by atoms with Gasteiger partial charge in [-0.2, -0.15) is 0 Å². The highest BCUT2D eigenvalue weighted by molar-refractivity contribution is 5.94. The van der Waals surface area contributed by atoms with Crippen molar-refractivity contribution in [1.82, 2.24) is 5.32 Å². The molecule has 24 heavy (non-hydrogen) atoms. The molecule has 1 amide bonds. The normalized spacial score (nSPS) is 12.0. The number of carbonyl (C=O) groups excluding carboxylic acids is 1. The molecule has 0 saturated carbocycles. The van der Waals surface area contributed by atoms with Gasteiger partial charge in [-0.1, -0.05) is 25.8 Å². The first-order valence-corrected chi connectivity index (χ1v) is 8.00. The molecule has 1 unspecified atom stereocenters. The van der Waals surface area contributed by atoms with E-state index in [4.69, 9.17) is 14.6 Å². The number of methoxy groups -OCH3 is 1. The molecule has 0 heterocycles. The van der Waals surface area contributed by atoms with Gasteiger partial charge in [-0.3, -0.25) is 9.59 Å². The molecule has 0 aromatic heterocycles. The van der Waals surface area contributed by atoms with Crippen LogP contribution in [-0.4, -0.2) is 36.7 Å². The highest BCUT2D eigenvalue weighted by atomic mass is 16.5. The predicted octanol–water partition coefficient (Wildman–Crippen LogP) is 2.87. The van der Waals surface area contributed by atoms with Crippen LogP contribution in [0.3, 0.4) is 0 Å². The van der Waals surface area contributed by atoms with E-state index in [0.717, 1.165) is 24.8 Å². The second kappa shape index (κ2) is 10.3. The zero-order valence-electron chi connectivity index (χ0n) is 14.4. The summed E-state index contributed by atoms with van der Waals surface area (Å²) in [6.07, 6.45) is 6.12. The first kappa shape index (κ1) is 19.5. The van der Waals surface area contributed by atoms with E-state index in [1.54, 1.807) is 25.3 Å². The average molecular weight is 335 g/mol. The van der Waals surface area contributed by atoms with Crippen LogP contribution in [-0.2, 0) is 9.59 Å². The fourth-order valence-corrected chi connectivity index (χ4v) is 1.94. The smallest absolute Gasteiger partial charge is 0.325 e. The van der Waals surface area contributed by atoms with Crippen molar-refractivity contribution in [3.8, 4) is 11.5 Å². The number of carboxylic acids is 1. The Morgan fingerprint density at radius 2 is 2.04 bits per heavy atom. The number of ether oxygens (including phenoxy) is 2. The van der Waals surface area contributed by atoms with Crippen LogP contribution in [0.4, 0.5) is 0 Å². The van der Waals surface area contributed by atoms with E-state index < -0.39 is 17.9 Å². The molecular formula is C18H25NO5. The molecule has 0 aliphatic heterocycles. The molecule has 1 rings (SSSR count). The predicted molar refractivity (Wildman–Crippen MR) is 92.3 cm³/mol. The minimum atomic E-state index is -1.08. The summed E-state index contributed by atoms with van der Waals surface area (Å²) in [4.78, 5) is 22.3. The molecular weight excluding hydrogens is 310 g/mol. The first-order chi connectivity index (χ1) is 11.5. The number of unbranched alkanes of at least 4 members (excludes halogenated alkanes) is 2. The monoisotopic (exact) mass is 335 g/mol. The molecule has 6 nitrogen and oxygen atoms in total. The zero-order valence-corrected chi connectivity index (χ0v) is 14.4. The molecule has 0 saturated heterocycles. The highest BCUT2D eigenvalue weighted by Gasteiger charge is 2.11. The second-order valence-corrected chi connectivity index (χ2v) is 5.37. The maximum atomic E-state index is 11.6. The van der Waals surface area contributed by atoms with Crippen molar-refractivity contribution in [3.05, 3.63) is 29.8 Å². The summed E-state index contributed by atoms with van der Waals surface area (Å²) >= 11 is 0. The van der Waals surface area contributed by atoms with Crippen LogP contribution < -0.4 is 14.8 Å². The summed E-state index contributed by atoms with van der Waals surface area (Å²) in [5.74, 6) is -0.297. The molecule has 0 aliphatic carbocycles. The fourth-order valence-electron chi connectivity index (χ4n) is 1.94. The lowest BCUT2D eigenvalue weighted by molar-refractivity contribution is -0.140. The van der Waals surface area contributed by atoms with Gasteiger partial charge >= 0.3 is 5.97 Å². The van der Waals surface area contributed by atoms with E-state index in [-0.39, 0.29) is 0 Å². The van der Waals surface area contributed by atoms with Gasteiger partial charge in [0.25, 0.3) is 0 Å². The number of rotatable bonds is 10. The largest absolute Gasteiger partial charge is 0.493 e. The van der Waals surface area contributed by atoms with Gasteiger partial charge in [0.1, 0.15) is 6.04 Å². The average Bonchev–Trinajstić information content (AvgIpc) is 2.57. The molecule has 132 valence electrons. The molecule has 0 spiro atoms. The number of carboxylic acid groups (broad SMARTS) is 1. The number of hydrogen-bond acceptors (Lipinski definition) is 4. The van der Waals surface area contributed by atoms with Crippen LogP contribution >= 0.6 is 0 Å². The van der Waals surface area contributed by atoms with Crippen molar-refractivity contribution in [1.29, 1.82) is 0 Å². The lowest BCUT2D eigenvalue weighted by atomic mass is 10.2. The molecule has 0 bridgehead atoms. The summed E-state index contributed by atoms with van der Waals surface area (Å²) in [7, 11) is 1.56. The summed E-state index contributed by atoms with van der Waals surface area (Å²) in [5.41, 5.74) is 0.755. The zero-order chi connectivity index (χ0) is 17.9. The third kappa shape index (κ3) is 6.73. The van der Waals surface area contributed by atoms with Crippen LogP contribution in [0, 0.1) is 0 Å². The van der Waals surface area contributed by atoms with Gasteiger partial charge in [0.2, 0.25) is 5.91 Å². The van der Waals surface area contributed by atoms with Gasteiger partial charge < -0.3 is 19.9 Å². The van der Waals surface area contributed by atoms with E-state index in [1.165, 1.54) is 13.0 Å². The van der Waals surface area contributed by atoms with Crippen LogP contribution in [0.1, 0.15) is 38.7 Å². The van der Waals surface area contributed by atoms with E-state index in [1.807, 2.05) is 6.07 Å². The number of carbonyl (C=O) groups is 2. The van der Waals surface area contributed by atoms with Crippen LogP contribution in [0.5, 0.6) is 11.5 Å². The molecule has 2 N–H and O–H groups in total. The second-order valence-electron chi connectivity index (χ2n) is 5.37. The Kier molecular flexibility index (Phi) is 8.39. The van der Waals surface area contributed by atoms with Crippen molar-refractivity contribution in [3.63, 3.8) is 0 Å².